The zero-order valence-electron chi connectivity index (χ0n) is 19.1. The van der Waals surface area contributed by atoms with Gasteiger partial charge in [0.1, 0.15) is 0 Å². The molecule has 1 aliphatic carbocycles. The summed E-state index contributed by atoms with van der Waals surface area (Å²) in [5.74, 6) is 1.95. The number of carbonyl (C=O) groups excluding carboxylic acids is 1. The van der Waals surface area contributed by atoms with Crippen LogP contribution in [-0.4, -0.2) is 81.4 Å². The van der Waals surface area contributed by atoms with E-state index < -0.39 is 0 Å². The summed E-state index contributed by atoms with van der Waals surface area (Å²) in [6.45, 7) is 4.49. The van der Waals surface area contributed by atoms with Gasteiger partial charge in [-0.3, -0.25) is 19.3 Å². The molecule has 3 N–H and O–H groups in total. The zero-order valence-corrected chi connectivity index (χ0v) is 19.1. The van der Waals surface area contributed by atoms with Crippen molar-refractivity contribution in [3.8, 4) is 0 Å². The average molecular weight is 465 g/mol. The standard InChI is InChI=1S/C21H32N4O2.2CH2O2/c26-20(11-16-3-1-2-4-16)23-12-17-18-13-25(10-9-24-8-7-22-15-24)14-21(18)6-5-19(17)27-21;2*2-1-3/h7-8,15-19H,1-6,9-14H2,(H,23,26);2*1H,(H,2,3)/t17-,18+,19+,21+;;/m0../s1. The van der Waals surface area contributed by atoms with Crippen molar-refractivity contribution in [3.05, 3.63) is 18.7 Å². The van der Waals surface area contributed by atoms with E-state index >= 15 is 0 Å². The van der Waals surface area contributed by atoms with Gasteiger partial charge >= 0.3 is 0 Å². The van der Waals surface area contributed by atoms with E-state index in [-0.39, 0.29) is 24.5 Å². The Morgan fingerprint density at radius 3 is 2.58 bits per heavy atom. The van der Waals surface area contributed by atoms with Crippen LogP contribution in [0.15, 0.2) is 18.7 Å². The third-order valence-corrected chi connectivity index (χ3v) is 7.57. The Bertz CT molecular complexity index is 748. The molecule has 10 heteroatoms. The summed E-state index contributed by atoms with van der Waals surface area (Å²) in [4.78, 5) is 35.8. The van der Waals surface area contributed by atoms with Crippen molar-refractivity contribution in [2.45, 2.75) is 63.2 Å². The van der Waals surface area contributed by atoms with Gasteiger partial charge in [0.25, 0.3) is 12.9 Å². The monoisotopic (exact) mass is 464 g/mol. The van der Waals surface area contributed by atoms with E-state index in [4.69, 9.17) is 24.5 Å². The van der Waals surface area contributed by atoms with E-state index in [9.17, 15) is 4.79 Å². The van der Waals surface area contributed by atoms with Gasteiger partial charge in [0, 0.05) is 63.4 Å². The smallest absolute Gasteiger partial charge is 0.290 e. The number of hydrogen-bond donors (Lipinski definition) is 3. The van der Waals surface area contributed by atoms with E-state index in [2.05, 4.69) is 19.8 Å². The van der Waals surface area contributed by atoms with Gasteiger partial charge in [0.05, 0.1) is 18.0 Å². The summed E-state index contributed by atoms with van der Waals surface area (Å²) in [5, 5.41) is 17.0. The van der Waals surface area contributed by atoms with Crippen molar-refractivity contribution < 1.29 is 29.3 Å². The van der Waals surface area contributed by atoms with Gasteiger partial charge in [0.2, 0.25) is 5.91 Å². The predicted molar refractivity (Wildman–Crippen MR) is 119 cm³/mol. The van der Waals surface area contributed by atoms with Crippen LogP contribution in [0.1, 0.15) is 44.9 Å². The largest absolute Gasteiger partial charge is 0.483 e. The van der Waals surface area contributed by atoms with Gasteiger partial charge in [-0.05, 0) is 31.6 Å². The predicted octanol–water partition coefficient (Wildman–Crippen LogP) is 1.46. The molecule has 0 unspecified atom stereocenters. The molecule has 10 nitrogen and oxygen atoms in total. The van der Waals surface area contributed by atoms with E-state index in [1.54, 1.807) is 0 Å². The summed E-state index contributed by atoms with van der Waals surface area (Å²) < 4.78 is 8.66. The molecule has 4 fully saturated rings. The fourth-order valence-corrected chi connectivity index (χ4v) is 6.19. The van der Waals surface area contributed by atoms with Crippen LogP contribution in [0.5, 0.6) is 0 Å². The number of nitrogens with zero attached hydrogens (tertiary/aromatic N) is 3. The molecular formula is C23H36N4O6. The lowest BCUT2D eigenvalue weighted by Crippen LogP contribution is -2.42. The van der Waals surface area contributed by atoms with Crippen LogP contribution >= 0.6 is 0 Å². The number of hydrogen-bond acceptors (Lipinski definition) is 6. The number of carboxylic acid groups (broad SMARTS) is 2. The molecule has 3 saturated heterocycles. The van der Waals surface area contributed by atoms with Crippen molar-refractivity contribution >= 4 is 18.9 Å². The molecule has 4 heterocycles. The minimum atomic E-state index is -0.250. The lowest BCUT2D eigenvalue weighted by atomic mass is 9.73. The Morgan fingerprint density at radius 2 is 1.91 bits per heavy atom. The van der Waals surface area contributed by atoms with Crippen LogP contribution in [0.4, 0.5) is 0 Å². The van der Waals surface area contributed by atoms with E-state index in [0.717, 1.165) is 45.6 Å². The van der Waals surface area contributed by atoms with Gasteiger partial charge in [-0.2, -0.15) is 0 Å². The molecule has 33 heavy (non-hydrogen) atoms. The second-order valence-corrected chi connectivity index (χ2v) is 9.44. The molecule has 2 bridgehead atoms. The number of ether oxygens (including phenoxy) is 1. The number of aromatic nitrogens is 2. The van der Waals surface area contributed by atoms with Gasteiger partial charge in [-0.1, -0.05) is 12.8 Å². The van der Waals surface area contributed by atoms with Crippen LogP contribution in [-0.2, 0) is 25.7 Å². The number of fused-ring (bicyclic) bond motifs is 1. The number of likely N-dealkylation sites (tertiary alicyclic amines) is 1. The highest BCUT2D eigenvalue weighted by atomic mass is 16.5. The lowest BCUT2D eigenvalue weighted by Gasteiger charge is -2.29. The maximum absolute atomic E-state index is 12.4. The first-order valence-electron chi connectivity index (χ1n) is 11.8. The highest BCUT2D eigenvalue weighted by molar-refractivity contribution is 5.76. The Balaban J connectivity index is 0.000000464. The van der Waals surface area contributed by atoms with Crippen molar-refractivity contribution in [2.24, 2.45) is 17.8 Å². The normalized spacial score (nSPS) is 30.0. The molecule has 3 aliphatic heterocycles. The quantitative estimate of drug-likeness (QED) is 0.517. The van der Waals surface area contributed by atoms with Crippen molar-refractivity contribution in [1.29, 1.82) is 0 Å². The average Bonchev–Trinajstić information content (AvgIpc) is 3.60. The van der Waals surface area contributed by atoms with Crippen LogP contribution < -0.4 is 5.32 Å². The summed E-state index contributed by atoms with van der Waals surface area (Å²) >= 11 is 0. The summed E-state index contributed by atoms with van der Waals surface area (Å²) in [7, 11) is 0. The minimum absolute atomic E-state index is 0.0560. The summed E-state index contributed by atoms with van der Waals surface area (Å²) in [6.07, 6.45) is 14.3. The SMILES string of the molecule is O=C(CC1CCCC1)NC[C@H]1[C@H]2CN(CCn3ccnc3)C[C@]23CC[C@H]1O3.O=CO.O=CO. The molecule has 5 rings (SSSR count). The van der Waals surface area contributed by atoms with Gasteiger partial charge in [-0.25, -0.2) is 4.98 Å². The number of rotatable bonds is 7. The second kappa shape index (κ2) is 12.1. The van der Waals surface area contributed by atoms with E-state index in [1.165, 1.54) is 32.1 Å². The van der Waals surface area contributed by atoms with Crippen molar-refractivity contribution in [2.75, 3.05) is 26.2 Å². The first kappa shape index (κ1) is 25.2. The lowest BCUT2D eigenvalue weighted by molar-refractivity contribution is -0.123. The molecule has 1 aromatic heterocycles. The van der Waals surface area contributed by atoms with Crippen molar-refractivity contribution in [3.63, 3.8) is 0 Å². The summed E-state index contributed by atoms with van der Waals surface area (Å²) in [5.41, 5.74) is 0.0560. The third-order valence-electron chi connectivity index (χ3n) is 7.57. The second-order valence-electron chi connectivity index (χ2n) is 9.44. The van der Waals surface area contributed by atoms with Crippen LogP contribution in [0.25, 0.3) is 0 Å². The third kappa shape index (κ3) is 6.32. The van der Waals surface area contributed by atoms with Crippen LogP contribution in [0.2, 0.25) is 0 Å². The highest BCUT2D eigenvalue weighted by Crippen LogP contribution is 2.54. The fourth-order valence-electron chi connectivity index (χ4n) is 6.19. The van der Waals surface area contributed by atoms with Gasteiger partial charge in [-0.15, -0.1) is 0 Å². The molecule has 184 valence electrons. The van der Waals surface area contributed by atoms with E-state index in [1.807, 2.05) is 18.7 Å². The van der Waals surface area contributed by atoms with Crippen molar-refractivity contribution in [1.82, 2.24) is 19.8 Å². The first-order chi connectivity index (χ1) is 16.0. The topological polar surface area (TPSA) is 134 Å². The number of nitrogens with one attached hydrogen (secondary N) is 1. The minimum Gasteiger partial charge on any atom is -0.483 e. The molecule has 1 saturated carbocycles. The Kier molecular flexibility index (Phi) is 9.25. The fraction of sp³-hybridized carbons (Fsp3) is 0.739. The highest BCUT2D eigenvalue weighted by Gasteiger charge is 2.62. The number of imidazole rings is 1. The molecule has 4 atom stereocenters. The molecular weight excluding hydrogens is 428 g/mol. The Morgan fingerprint density at radius 1 is 1.18 bits per heavy atom. The molecule has 1 spiro atoms. The summed E-state index contributed by atoms with van der Waals surface area (Å²) in [6, 6.07) is 0. The Hall–Kier alpha value is -2.46. The van der Waals surface area contributed by atoms with Crippen LogP contribution in [0.3, 0.4) is 0 Å². The first-order valence-corrected chi connectivity index (χ1v) is 11.8. The van der Waals surface area contributed by atoms with Gasteiger partial charge < -0.3 is 24.8 Å². The molecule has 0 aromatic carbocycles. The molecule has 1 aromatic rings. The maximum Gasteiger partial charge on any atom is 0.290 e. The van der Waals surface area contributed by atoms with Gasteiger partial charge in [0.15, 0.2) is 0 Å². The maximum atomic E-state index is 12.4. The Labute approximate surface area is 194 Å². The van der Waals surface area contributed by atoms with E-state index in [0.29, 0.717) is 23.9 Å². The number of amides is 1. The molecule has 1 amide bonds. The number of carbonyl (C=O) groups is 3. The molecule has 4 aliphatic rings. The molecule has 0 radical (unpaired) electrons. The van der Waals surface area contributed by atoms with Crippen LogP contribution in [0, 0.1) is 17.8 Å². The zero-order chi connectivity index (χ0) is 23.7.